The normalized spacial score (nSPS) is 22.1. The second-order valence-electron chi connectivity index (χ2n) is 8.81. The third-order valence-electron chi connectivity index (χ3n) is 6.91. The largest absolute Gasteiger partial charge is 0.495 e. The predicted molar refractivity (Wildman–Crippen MR) is 124 cm³/mol. The van der Waals surface area contributed by atoms with Crippen molar-refractivity contribution in [1.29, 1.82) is 0 Å². The number of nitrogen functional groups attached to an aromatic ring is 1. The molecule has 0 saturated carbocycles. The van der Waals surface area contributed by atoms with Gasteiger partial charge >= 0.3 is 0 Å². The number of rotatable bonds is 4. The molecule has 0 aliphatic carbocycles. The van der Waals surface area contributed by atoms with Gasteiger partial charge in [-0.25, -0.2) is 4.99 Å². The van der Waals surface area contributed by atoms with Crippen molar-refractivity contribution in [2.45, 2.75) is 38.6 Å². The minimum atomic E-state index is -0.324. The number of nitrogens with zero attached hydrogens (tertiary/aromatic N) is 4. The molecule has 6 rings (SSSR count). The highest BCUT2D eigenvalue weighted by Gasteiger charge is 2.39. The summed E-state index contributed by atoms with van der Waals surface area (Å²) in [5, 5.41) is 0. The van der Waals surface area contributed by atoms with Crippen LogP contribution in [0.15, 0.2) is 56.5 Å². The number of ether oxygens (including phenoxy) is 1. The lowest BCUT2D eigenvalue weighted by Gasteiger charge is -2.33. The number of benzene rings is 1. The zero-order chi connectivity index (χ0) is 22.7. The average Bonchev–Trinajstić information content (AvgIpc) is 3.51. The fourth-order valence-electron chi connectivity index (χ4n) is 5.40. The van der Waals surface area contributed by atoms with Gasteiger partial charge in [0.1, 0.15) is 30.3 Å². The molecule has 1 saturated heterocycles. The summed E-state index contributed by atoms with van der Waals surface area (Å²) in [4.78, 5) is 25.7. The van der Waals surface area contributed by atoms with Crippen LogP contribution in [0.1, 0.15) is 37.3 Å². The number of amidine groups is 1. The first-order chi connectivity index (χ1) is 16.0. The summed E-state index contributed by atoms with van der Waals surface area (Å²) in [6.45, 7) is 4.19. The van der Waals surface area contributed by atoms with Crippen LogP contribution in [0.3, 0.4) is 0 Å². The summed E-state index contributed by atoms with van der Waals surface area (Å²) in [6.07, 6.45) is 7.03. The Morgan fingerprint density at radius 2 is 2.18 bits per heavy atom. The number of likely N-dealkylation sites (tertiary alicyclic amines) is 1. The van der Waals surface area contributed by atoms with Crippen LogP contribution in [0, 0.1) is 0 Å². The van der Waals surface area contributed by atoms with E-state index in [0.717, 1.165) is 83.8 Å². The monoisotopic (exact) mass is 446 g/mol. The number of carbonyl (C=O) groups is 1. The zero-order valence-electron chi connectivity index (χ0n) is 18.5. The van der Waals surface area contributed by atoms with Crippen LogP contribution in [0.2, 0.25) is 0 Å². The summed E-state index contributed by atoms with van der Waals surface area (Å²) < 4.78 is 11.6. The highest BCUT2D eigenvalue weighted by atomic mass is 16.5. The fraction of sp³-hybridized carbons (Fsp3) is 0.375. The maximum absolute atomic E-state index is 12.1. The van der Waals surface area contributed by atoms with E-state index in [1.165, 1.54) is 5.57 Å². The summed E-state index contributed by atoms with van der Waals surface area (Å²) in [6, 6.07) is 3.94. The number of oxazole rings is 1. The van der Waals surface area contributed by atoms with Gasteiger partial charge < -0.3 is 30.4 Å². The second-order valence-corrected chi connectivity index (χ2v) is 8.81. The van der Waals surface area contributed by atoms with E-state index in [4.69, 9.17) is 25.6 Å². The van der Waals surface area contributed by atoms with Crippen molar-refractivity contribution in [2.24, 2.45) is 10.7 Å². The van der Waals surface area contributed by atoms with E-state index >= 15 is 0 Å². The number of primary amides is 1. The Morgan fingerprint density at radius 3 is 3.00 bits per heavy atom. The average molecular weight is 447 g/mol. The predicted octanol–water partition coefficient (Wildman–Crippen LogP) is 2.40. The number of hydrogen-bond acceptors (Lipinski definition) is 8. The Hall–Kier alpha value is -3.75. The van der Waals surface area contributed by atoms with Gasteiger partial charge in [0.25, 0.3) is 6.01 Å². The van der Waals surface area contributed by atoms with Gasteiger partial charge in [-0.3, -0.25) is 4.79 Å². The number of fused-ring (bicyclic) bond motifs is 1. The van der Waals surface area contributed by atoms with Crippen molar-refractivity contribution >= 4 is 28.9 Å². The van der Waals surface area contributed by atoms with Crippen LogP contribution >= 0.6 is 0 Å². The van der Waals surface area contributed by atoms with E-state index in [9.17, 15) is 4.79 Å². The summed E-state index contributed by atoms with van der Waals surface area (Å²) in [5.74, 6) is 0.569. The molecule has 1 aromatic carbocycles. The fourth-order valence-corrected chi connectivity index (χ4v) is 5.40. The number of nitrogens with two attached hydrogens (primary N) is 2. The standard InChI is InChI=1S/C24H26N6O3/c1-2-13-8-15(9-17-21(13)33-24(26)28-17)23-27-10-16-19(29-6-3-4-18(29)22(25)31)12-32-11-14-5-7-30(23)20(14)16/h8-10,12,18H,2-7,11H2,1H3,(H2,25,31)(H2,26,28)/t18-/m0/s1. The number of anilines is 1. The maximum atomic E-state index is 12.1. The van der Waals surface area contributed by atoms with Crippen LogP contribution in [-0.4, -0.2) is 52.3 Å². The molecule has 0 radical (unpaired) electrons. The van der Waals surface area contributed by atoms with Gasteiger partial charge in [0, 0.05) is 30.4 Å². The van der Waals surface area contributed by atoms with Gasteiger partial charge in [-0.05, 0) is 49.0 Å². The molecule has 4 aliphatic heterocycles. The van der Waals surface area contributed by atoms with Crippen molar-refractivity contribution in [3.05, 3.63) is 58.3 Å². The van der Waals surface area contributed by atoms with Gasteiger partial charge in [-0.1, -0.05) is 6.92 Å². The first-order valence-electron chi connectivity index (χ1n) is 11.4. The molecule has 1 amide bonds. The number of aromatic nitrogens is 1. The van der Waals surface area contributed by atoms with E-state index in [-0.39, 0.29) is 18.0 Å². The highest BCUT2D eigenvalue weighted by Crippen LogP contribution is 2.41. The topological polar surface area (TPSA) is 123 Å². The molecule has 1 fully saturated rings. The second kappa shape index (κ2) is 7.40. The number of amides is 1. The third kappa shape index (κ3) is 3.02. The van der Waals surface area contributed by atoms with Crippen LogP contribution in [-0.2, 0) is 16.0 Å². The molecule has 2 aromatic rings. The maximum Gasteiger partial charge on any atom is 0.292 e. The van der Waals surface area contributed by atoms with E-state index < -0.39 is 0 Å². The summed E-state index contributed by atoms with van der Waals surface area (Å²) in [7, 11) is 0. The molecular weight excluding hydrogens is 420 g/mol. The molecule has 33 heavy (non-hydrogen) atoms. The Balaban J connectivity index is 1.47. The molecule has 0 unspecified atom stereocenters. The Bertz CT molecular complexity index is 1300. The van der Waals surface area contributed by atoms with E-state index in [1.54, 1.807) is 6.26 Å². The van der Waals surface area contributed by atoms with Gasteiger partial charge in [0.2, 0.25) is 5.91 Å². The summed E-state index contributed by atoms with van der Waals surface area (Å²) >= 11 is 0. The van der Waals surface area contributed by atoms with Crippen molar-refractivity contribution in [3.8, 4) is 0 Å². The molecule has 170 valence electrons. The van der Waals surface area contributed by atoms with Gasteiger partial charge in [0.05, 0.1) is 11.4 Å². The Morgan fingerprint density at radius 1 is 1.30 bits per heavy atom. The van der Waals surface area contributed by atoms with E-state index in [0.29, 0.717) is 6.61 Å². The highest BCUT2D eigenvalue weighted by molar-refractivity contribution is 6.04. The Labute approximate surface area is 191 Å². The number of hydrogen-bond donors (Lipinski definition) is 2. The molecule has 1 aromatic heterocycles. The minimum absolute atomic E-state index is 0.168. The van der Waals surface area contributed by atoms with Gasteiger partial charge in [0.15, 0.2) is 5.58 Å². The lowest BCUT2D eigenvalue weighted by molar-refractivity contribution is -0.121. The zero-order valence-corrected chi connectivity index (χ0v) is 18.5. The van der Waals surface area contributed by atoms with Crippen LogP contribution in [0.4, 0.5) is 6.01 Å². The molecule has 9 heteroatoms. The van der Waals surface area contributed by atoms with Gasteiger partial charge in [-0.2, -0.15) is 4.98 Å². The quantitative estimate of drug-likeness (QED) is 0.739. The molecule has 9 nitrogen and oxygen atoms in total. The lowest BCUT2D eigenvalue weighted by atomic mass is 10.0. The van der Waals surface area contributed by atoms with Crippen LogP contribution in [0.25, 0.3) is 11.1 Å². The van der Waals surface area contributed by atoms with Gasteiger partial charge in [-0.15, -0.1) is 0 Å². The van der Waals surface area contributed by atoms with E-state index in [2.05, 4.69) is 27.8 Å². The number of carbonyl (C=O) groups excluding carboxylic acids is 1. The smallest absolute Gasteiger partial charge is 0.292 e. The molecule has 1 atom stereocenters. The SMILES string of the molecule is CCc1cc(C2=NC=C3C(N4CCC[C@H]4C(N)=O)=COCC4=C3N2CC4)cc2nc(N)oc12. The first kappa shape index (κ1) is 19.9. The molecule has 0 spiro atoms. The molecule has 4 N–H and O–H groups in total. The molecule has 5 heterocycles. The van der Waals surface area contributed by atoms with Crippen molar-refractivity contribution in [1.82, 2.24) is 14.8 Å². The summed E-state index contributed by atoms with van der Waals surface area (Å²) in [5.41, 5.74) is 19.2. The Kier molecular flexibility index (Phi) is 4.46. The number of aryl methyl sites for hydroxylation is 1. The van der Waals surface area contributed by atoms with Crippen molar-refractivity contribution in [3.63, 3.8) is 0 Å². The molecular formula is C24H26N6O3. The lowest BCUT2D eigenvalue weighted by Crippen LogP contribution is -2.41. The first-order valence-corrected chi connectivity index (χ1v) is 11.4. The van der Waals surface area contributed by atoms with Crippen LogP contribution in [0.5, 0.6) is 0 Å². The third-order valence-corrected chi connectivity index (χ3v) is 6.91. The van der Waals surface area contributed by atoms with Crippen LogP contribution < -0.4 is 11.5 Å². The van der Waals surface area contributed by atoms with Crippen molar-refractivity contribution in [2.75, 3.05) is 25.4 Å². The minimum Gasteiger partial charge on any atom is -0.495 e. The molecule has 0 bridgehead atoms. The van der Waals surface area contributed by atoms with E-state index in [1.807, 2.05) is 12.3 Å². The molecule has 4 aliphatic rings. The van der Waals surface area contributed by atoms with Crippen molar-refractivity contribution < 1.29 is 13.9 Å². The number of aliphatic imine (C=N–C) groups is 1.